The Morgan fingerprint density at radius 3 is 2.47 bits per heavy atom. The summed E-state index contributed by atoms with van der Waals surface area (Å²) < 4.78 is 1.34. The normalized spacial score (nSPS) is 10.5. The lowest BCUT2D eigenvalue weighted by atomic mass is 10.1. The van der Waals surface area contributed by atoms with E-state index in [1.165, 1.54) is 16.7 Å². The molecule has 19 heavy (non-hydrogen) atoms. The number of rotatable bonds is 2. The number of carbonyl (C=O) groups is 1. The zero-order valence-electron chi connectivity index (χ0n) is 10.5. The number of aromatic nitrogens is 1. The van der Waals surface area contributed by atoms with Gasteiger partial charge in [0.05, 0.1) is 11.3 Å². The summed E-state index contributed by atoms with van der Waals surface area (Å²) in [5, 5.41) is 9.62. The number of aryl methyl sites for hydroxylation is 1. The fourth-order valence-corrected chi connectivity index (χ4v) is 2.08. The molecule has 0 aliphatic rings. The second-order valence-corrected chi connectivity index (χ2v) is 4.65. The fourth-order valence-electron chi connectivity index (χ4n) is 1.90. The highest BCUT2D eigenvalue weighted by Crippen LogP contribution is 2.20. The minimum Gasteiger partial charge on any atom is -0.478 e. The van der Waals surface area contributed by atoms with Crippen LogP contribution >= 0.6 is 11.6 Å². The Balaban J connectivity index is 2.74. The summed E-state index contributed by atoms with van der Waals surface area (Å²) in [6.45, 7) is 3.45. The van der Waals surface area contributed by atoms with E-state index >= 15 is 0 Å². The van der Waals surface area contributed by atoms with Crippen LogP contribution in [-0.4, -0.2) is 15.6 Å². The maximum Gasteiger partial charge on any atom is 0.337 e. The first kappa shape index (κ1) is 13.4. The molecule has 4 nitrogen and oxygen atoms in total. The number of nitrogens with zero attached hydrogens (tertiary/aromatic N) is 1. The van der Waals surface area contributed by atoms with Crippen LogP contribution in [-0.2, 0) is 0 Å². The smallest absolute Gasteiger partial charge is 0.337 e. The van der Waals surface area contributed by atoms with E-state index in [0.29, 0.717) is 16.4 Å². The number of pyridine rings is 1. The van der Waals surface area contributed by atoms with E-state index in [1.54, 1.807) is 25.1 Å². The first-order valence-electron chi connectivity index (χ1n) is 5.64. The molecule has 0 spiro atoms. The standard InChI is InChI=1S/C14H12ClNO3/c1-8-3-4-10(7-12(8)15)16-9(2)11(14(18)19)5-6-13(16)17/h3-7H,1-2H3,(H,18,19). The van der Waals surface area contributed by atoms with Crippen LogP contribution < -0.4 is 5.56 Å². The summed E-state index contributed by atoms with van der Waals surface area (Å²) in [5.41, 5.74) is 1.63. The minimum atomic E-state index is -1.07. The Bertz CT molecular complexity index is 719. The molecule has 0 saturated carbocycles. The van der Waals surface area contributed by atoms with Crippen LogP contribution in [0.4, 0.5) is 0 Å². The van der Waals surface area contributed by atoms with Gasteiger partial charge in [-0.25, -0.2) is 4.79 Å². The van der Waals surface area contributed by atoms with E-state index < -0.39 is 5.97 Å². The zero-order chi connectivity index (χ0) is 14.2. The second-order valence-electron chi connectivity index (χ2n) is 4.24. The first-order valence-corrected chi connectivity index (χ1v) is 6.02. The lowest BCUT2D eigenvalue weighted by molar-refractivity contribution is 0.0695. The highest BCUT2D eigenvalue weighted by Gasteiger charge is 2.13. The molecule has 2 aromatic rings. The summed E-state index contributed by atoms with van der Waals surface area (Å²) >= 11 is 6.04. The van der Waals surface area contributed by atoms with Crippen LogP contribution in [0.5, 0.6) is 0 Å². The maximum atomic E-state index is 11.9. The van der Waals surface area contributed by atoms with Gasteiger partial charge in [0.25, 0.3) is 5.56 Å². The summed E-state index contributed by atoms with van der Waals surface area (Å²) in [4.78, 5) is 23.0. The number of carboxylic acids is 1. The Morgan fingerprint density at radius 2 is 1.89 bits per heavy atom. The van der Waals surface area contributed by atoms with Crippen molar-refractivity contribution in [2.75, 3.05) is 0 Å². The number of halogens is 1. The van der Waals surface area contributed by atoms with Crippen molar-refractivity contribution in [2.24, 2.45) is 0 Å². The molecule has 0 aliphatic heterocycles. The average Bonchev–Trinajstić information content (AvgIpc) is 2.33. The topological polar surface area (TPSA) is 59.3 Å². The van der Waals surface area contributed by atoms with E-state index in [4.69, 9.17) is 16.7 Å². The molecule has 0 aliphatic carbocycles. The van der Waals surface area contributed by atoms with Crippen molar-refractivity contribution in [3.63, 3.8) is 0 Å². The molecule has 0 bridgehead atoms. The van der Waals surface area contributed by atoms with Crippen molar-refractivity contribution in [3.05, 3.63) is 62.5 Å². The van der Waals surface area contributed by atoms with Crippen molar-refractivity contribution in [2.45, 2.75) is 13.8 Å². The molecule has 0 saturated heterocycles. The molecule has 98 valence electrons. The van der Waals surface area contributed by atoms with E-state index in [-0.39, 0.29) is 11.1 Å². The highest BCUT2D eigenvalue weighted by atomic mass is 35.5. The molecule has 2 rings (SSSR count). The Hall–Kier alpha value is -2.07. The Labute approximate surface area is 114 Å². The maximum absolute atomic E-state index is 11.9. The zero-order valence-corrected chi connectivity index (χ0v) is 11.2. The third-order valence-corrected chi connectivity index (χ3v) is 3.39. The quantitative estimate of drug-likeness (QED) is 0.918. The van der Waals surface area contributed by atoms with Gasteiger partial charge in [-0.15, -0.1) is 0 Å². The molecule has 0 amide bonds. The first-order chi connectivity index (χ1) is 8.91. The van der Waals surface area contributed by atoms with E-state index in [2.05, 4.69) is 0 Å². The molecule has 1 N–H and O–H groups in total. The lowest BCUT2D eigenvalue weighted by Gasteiger charge is -2.12. The Morgan fingerprint density at radius 1 is 1.21 bits per heavy atom. The van der Waals surface area contributed by atoms with Crippen LogP contribution in [0.3, 0.4) is 0 Å². The molecule has 1 heterocycles. The number of carboxylic acid groups (broad SMARTS) is 1. The van der Waals surface area contributed by atoms with Crippen LogP contribution in [0.1, 0.15) is 21.6 Å². The van der Waals surface area contributed by atoms with Crippen LogP contribution in [0.25, 0.3) is 5.69 Å². The van der Waals surface area contributed by atoms with Gasteiger partial charge in [0.2, 0.25) is 0 Å². The molecular formula is C14H12ClNO3. The van der Waals surface area contributed by atoms with Crippen molar-refractivity contribution < 1.29 is 9.90 Å². The van der Waals surface area contributed by atoms with Gasteiger partial charge in [-0.05, 0) is 37.6 Å². The summed E-state index contributed by atoms with van der Waals surface area (Å²) in [5.74, 6) is -1.07. The predicted octanol–water partition coefficient (Wildman–Crippen LogP) is 2.81. The van der Waals surface area contributed by atoms with E-state index in [1.807, 2.05) is 6.92 Å². The summed E-state index contributed by atoms with van der Waals surface area (Å²) in [6.07, 6.45) is 0. The molecule has 5 heteroatoms. The second kappa shape index (κ2) is 4.90. The van der Waals surface area contributed by atoms with Crippen LogP contribution in [0.15, 0.2) is 35.1 Å². The monoisotopic (exact) mass is 277 g/mol. The number of benzene rings is 1. The largest absolute Gasteiger partial charge is 0.478 e. The minimum absolute atomic E-state index is 0.0938. The third kappa shape index (κ3) is 2.39. The molecular weight excluding hydrogens is 266 g/mol. The SMILES string of the molecule is Cc1ccc(-n2c(C)c(C(=O)O)ccc2=O)cc1Cl. The van der Waals surface area contributed by atoms with E-state index in [9.17, 15) is 9.59 Å². The van der Waals surface area contributed by atoms with Gasteiger partial charge in [0.15, 0.2) is 0 Å². The number of hydrogen-bond donors (Lipinski definition) is 1. The molecule has 1 aromatic heterocycles. The lowest BCUT2D eigenvalue weighted by Crippen LogP contribution is -2.22. The average molecular weight is 278 g/mol. The van der Waals surface area contributed by atoms with Crippen LogP contribution in [0.2, 0.25) is 5.02 Å². The summed E-state index contributed by atoms with van der Waals surface area (Å²) in [7, 11) is 0. The predicted molar refractivity (Wildman–Crippen MR) is 73.5 cm³/mol. The van der Waals surface area contributed by atoms with Gasteiger partial charge < -0.3 is 5.11 Å². The van der Waals surface area contributed by atoms with Crippen molar-refractivity contribution >= 4 is 17.6 Å². The van der Waals surface area contributed by atoms with Crippen LogP contribution in [0, 0.1) is 13.8 Å². The van der Waals surface area contributed by atoms with E-state index in [0.717, 1.165) is 5.56 Å². The van der Waals surface area contributed by atoms with Crippen molar-refractivity contribution in [1.29, 1.82) is 0 Å². The van der Waals surface area contributed by atoms with Gasteiger partial charge in [-0.2, -0.15) is 0 Å². The Kier molecular flexibility index (Phi) is 3.44. The fraction of sp³-hybridized carbons (Fsp3) is 0.143. The number of aromatic carboxylic acids is 1. The molecule has 0 radical (unpaired) electrons. The highest BCUT2D eigenvalue weighted by molar-refractivity contribution is 6.31. The van der Waals surface area contributed by atoms with Gasteiger partial charge in [0, 0.05) is 16.8 Å². The van der Waals surface area contributed by atoms with Crippen molar-refractivity contribution in [3.8, 4) is 5.69 Å². The third-order valence-electron chi connectivity index (χ3n) is 2.98. The molecule has 0 unspecified atom stereocenters. The van der Waals surface area contributed by atoms with Gasteiger partial charge in [-0.3, -0.25) is 9.36 Å². The van der Waals surface area contributed by atoms with Crippen molar-refractivity contribution in [1.82, 2.24) is 4.57 Å². The van der Waals surface area contributed by atoms with Gasteiger partial charge in [0.1, 0.15) is 0 Å². The van der Waals surface area contributed by atoms with Gasteiger partial charge >= 0.3 is 5.97 Å². The molecule has 0 fully saturated rings. The molecule has 0 atom stereocenters. The van der Waals surface area contributed by atoms with Gasteiger partial charge in [-0.1, -0.05) is 17.7 Å². The number of hydrogen-bond acceptors (Lipinski definition) is 2. The molecule has 1 aromatic carbocycles. The summed E-state index contributed by atoms with van der Waals surface area (Å²) in [6, 6.07) is 7.73.